The predicted octanol–water partition coefficient (Wildman–Crippen LogP) is 0.594. The zero-order valence-electron chi connectivity index (χ0n) is 17.0. The molecule has 7 N–H and O–H groups in total. The van der Waals surface area contributed by atoms with E-state index in [-0.39, 0.29) is 18.3 Å². The largest absolute Gasteiger partial charge is 0.481 e. The highest BCUT2D eigenvalue weighted by Crippen LogP contribution is 2.21. The molecule has 29 heavy (non-hydrogen) atoms. The Bertz CT molecular complexity index is 706. The molecule has 1 aromatic rings. The zero-order chi connectivity index (χ0) is 21.9. The summed E-state index contributed by atoms with van der Waals surface area (Å²) in [6.07, 6.45) is 1.37. The van der Waals surface area contributed by atoms with Crippen molar-refractivity contribution in [3.8, 4) is 0 Å². The van der Waals surface area contributed by atoms with Crippen LogP contribution < -0.4 is 21.7 Å². The van der Waals surface area contributed by atoms with Gasteiger partial charge < -0.3 is 26.8 Å². The molecule has 1 aromatic carbocycles. The third kappa shape index (κ3) is 9.59. The zero-order valence-corrected chi connectivity index (χ0v) is 17.0. The number of carboxylic acids is 1. The summed E-state index contributed by atoms with van der Waals surface area (Å²) in [5.74, 6) is -1.98. The number of carboxylic acid groups (broad SMARTS) is 1. The van der Waals surface area contributed by atoms with Gasteiger partial charge in [-0.2, -0.15) is 0 Å². The number of unbranched alkanes of at least 4 members (excludes halogenated alkanes) is 1. The Balaban J connectivity index is 2.70. The molecule has 0 spiro atoms. The summed E-state index contributed by atoms with van der Waals surface area (Å²) in [6, 6.07) is 8.48. The Labute approximate surface area is 170 Å². The van der Waals surface area contributed by atoms with Crippen LogP contribution >= 0.6 is 0 Å². The standard InChI is InChI=1S/C20H31N5O4/c1-20(2,13-16(26)27)18(29)25-15(12-14-8-4-3-5-9-14)17(28)23-10-6-7-11-24-19(21)22/h3-5,8-9,15H,6-7,10-13H2,1-2H3,(H,23,28)(H,25,29)(H,26,27)(H4,21,22,24)/t15-/m0/s1. The number of carbonyl (C=O) groups excluding carboxylic acids is 2. The van der Waals surface area contributed by atoms with Gasteiger partial charge in [0.15, 0.2) is 5.96 Å². The molecule has 9 heteroatoms. The van der Waals surface area contributed by atoms with E-state index in [1.165, 1.54) is 13.8 Å². The lowest BCUT2D eigenvalue weighted by Crippen LogP contribution is -2.52. The van der Waals surface area contributed by atoms with Crippen molar-refractivity contribution in [1.29, 1.82) is 5.41 Å². The van der Waals surface area contributed by atoms with Crippen LogP contribution in [0.1, 0.15) is 38.7 Å². The van der Waals surface area contributed by atoms with E-state index in [4.69, 9.17) is 16.2 Å². The minimum absolute atomic E-state index is 0.0938. The maximum atomic E-state index is 12.7. The summed E-state index contributed by atoms with van der Waals surface area (Å²) < 4.78 is 0. The van der Waals surface area contributed by atoms with Gasteiger partial charge in [0, 0.05) is 19.5 Å². The second-order valence-electron chi connectivity index (χ2n) is 7.51. The molecule has 0 aliphatic rings. The highest BCUT2D eigenvalue weighted by atomic mass is 16.4. The Kier molecular flexibility index (Phi) is 9.64. The van der Waals surface area contributed by atoms with Crippen LogP contribution in [0.4, 0.5) is 0 Å². The molecule has 0 unspecified atom stereocenters. The average Bonchev–Trinajstić information content (AvgIpc) is 2.63. The summed E-state index contributed by atoms with van der Waals surface area (Å²) in [6.45, 7) is 4.03. The third-order valence-corrected chi connectivity index (χ3v) is 4.33. The van der Waals surface area contributed by atoms with E-state index in [0.717, 1.165) is 12.0 Å². The van der Waals surface area contributed by atoms with Crippen molar-refractivity contribution in [3.63, 3.8) is 0 Å². The number of carbonyl (C=O) groups is 3. The van der Waals surface area contributed by atoms with Crippen LogP contribution in [0.3, 0.4) is 0 Å². The molecular formula is C20H31N5O4. The van der Waals surface area contributed by atoms with E-state index >= 15 is 0 Å². The van der Waals surface area contributed by atoms with Gasteiger partial charge in [0.2, 0.25) is 11.8 Å². The summed E-state index contributed by atoms with van der Waals surface area (Å²) in [5, 5.41) is 24.3. The SMILES string of the molecule is CC(C)(CC(=O)O)C(=O)N[C@@H](Cc1ccccc1)C(=O)NCCCCNC(=N)N. The van der Waals surface area contributed by atoms with Crippen molar-refractivity contribution in [3.05, 3.63) is 35.9 Å². The number of hydrogen-bond donors (Lipinski definition) is 6. The van der Waals surface area contributed by atoms with E-state index in [1.807, 2.05) is 30.3 Å². The molecule has 0 saturated carbocycles. The maximum Gasteiger partial charge on any atom is 0.304 e. The van der Waals surface area contributed by atoms with Crippen molar-refractivity contribution in [1.82, 2.24) is 16.0 Å². The first-order valence-electron chi connectivity index (χ1n) is 9.54. The number of nitrogens with two attached hydrogens (primary N) is 1. The lowest BCUT2D eigenvalue weighted by atomic mass is 9.87. The van der Waals surface area contributed by atoms with Crippen LogP contribution in [0.15, 0.2) is 30.3 Å². The maximum absolute atomic E-state index is 12.7. The van der Waals surface area contributed by atoms with Crippen molar-refractivity contribution in [2.75, 3.05) is 13.1 Å². The monoisotopic (exact) mass is 405 g/mol. The van der Waals surface area contributed by atoms with Gasteiger partial charge in [0.1, 0.15) is 6.04 Å². The molecule has 1 atom stereocenters. The number of guanidine groups is 1. The van der Waals surface area contributed by atoms with E-state index < -0.39 is 23.3 Å². The van der Waals surface area contributed by atoms with Gasteiger partial charge in [-0.3, -0.25) is 19.8 Å². The first-order chi connectivity index (χ1) is 13.6. The van der Waals surface area contributed by atoms with Crippen LogP contribution in [0.5, 0.6) is 0 Å². The number of rotatable bonds is 12. The normalized spacial score (nSPS) is 11.9. The van der Waals surface area contributed by atoms with Crippen molar-refractivity contribution in [2.45, 2.75) is 45.6 Å². The molecule has 0 saturated heterocycles. The van der Waals surface area contributed by atoms with Gasteiger partial charge in [0.25, 0.3) is 0 Å². The topological polar surface area (TPSA) is 157 Å². The van der Waals surface area contributed by atoms with Gasteiger partial charge in [0.05, 0.1) is 11.8 Å². The van der Waals surface area contributed by atoms with Crippen LogP contribution in [-0.4, -0.2) is 48.0 Å². The van der Waals surface area contributed by atoms with Crippen LogP contribution in [0, 0.1) is 10.8 Å². The van der Waals surface area contributed by atoms with Gasteiger partial charge >= 0.3 is 5.97 Å². The van der Waals surface area contributed by atoms with Gasteiger partial charge in [-0.25, -0.2) is 0 Å². The Morgan fingerprint density at radius 2 is 1.69 bits per heavy atom. The predicted molar refractivity (Wildman–Crippen MR) is 110 cm³/mol. The molecule has 0 aromatic heterocycles. The number of hydrogen-bond acceptors (Lipinski definition) is 4. The highest BCUT2D eigenvalue weighted by molar-refractivity contribution is 5.91. The van der Waals surface area contributed by atoms with Crippen LogP contribution in [0.2, 0.25) is 0 Å². The molecule has 160 valence electrons. The fraction of sp³-hybridized carbons (Fsp3) is 0.500. The summed E-state index contributed by atoms with van der Waals surface area (Å²) in [7, 11) is 0. The Morgan fingerprint density at radius 3 is 2.24 bits per heavy atom. The van der Waals surface area contributed by atoms with Crippen molar-refractivity contribution in [2.24, 2.45) is 11.1 Å². The van der Waals surface area contributed by atoms with E-state index in [1.54, 1.807) is 0 Å². The Morgan fingerprint density at radius 1 is 1.10 bits per heavy atom. The second-order valence-corrected chi connectivity index (χ2v) is 7.51. The van der Waals surface area contributed by atoms with Gasteiger partial charge in [-0.05, 0) is 18.4 Å². The van der Waals surface area contributed by atoms with Crippen molar-refractivity contribution < 1.29 is 19.5 Å². The number of nitrogens with one attached hydrogen (secondary N) is 4. The Hall–Kier alpha value is -3.10. The molecular weight excluding hydrogens is 374 g/mol. The minimum Gasteiger partial charge on any atom is -0.481 e. The van der Waals surface area contributed by atoms with Gasteiger partial charge in [-0.15, -0.1) is 0 Å². The summed E-state index contributed by atoms with van der Waals surface area (Å²) in [5.41, 5.74) is 4.95. The molecule has 1 rings (SSSR count). The number of aliphatic carboxylic acids is 1. The first kappa shape index (κ1) is 23.9. The quantitative estimate of drug-likeness (QED) is 0.170. The third-order valence-electron chi connectivity index (χ3n) is 4.33. The minimum atomic E-state index is -1.14. The highest BCUT2D eigenvalue weighted by Gasteiger charge is 2.33. The molecule has 0 aliphatic heterocycles. The number of amides is 2. The van der Waals surface area contributed by atoms with Crippen molar-refractivity contribution >= 4 is 23.7 Å². The van der Waals surface area contributed by atoms with Crippen LogP contribution in [0.25, 0.3) is 0 Å². The molecule has 9 nitrogen and oxygen atoms in total. The van der Waals surface area contributed by atoms with E-state index in [0.29, 0.717) is 25.9 Å². The fourth-order valence-electron chi connectivity index (χ4n) is 2.68. The smallest absolute Gasteiger partial charge is 0.304 e. The lowest BCUT2D eigenvalue weighted by molar-refractivity contribution is -0.144. The molecule has 0 heterocycles. The summed E-state index contributed by atoms with van der Waals surface area (Å²) in [4.78, 5) is 36.3. The molecule has 0 aliphatic carbocycles. The molecule has 2 amide bonds. The van der Waals surface area contributed by atoms with E-state index in [2.05, 4.69) is 16.0 Å². The molecule has 0 radical (unpaired) electrons. The second kappa shape index (κ2) is 11.7. The van der Waals surface area contributed by atoms with E-state index in [9.17, 15) is 14.4 Å². The average molecular weight is 405 g/mol. The fourth-order valence-corrected chi connectivity index (χ4v) is 2.68. The molecule has 0 bridgehead atoms. The first-order valence-corrected chi connectivity index (χ1v) is 9.54. The lowest BCUT2D eigenvalue weighted by Gasteiger charge is -2.26. The summed E-state index contributed by atoms with van der Waals surface area (Å²) >= 11 is 0. The molecule has 0 fully saturated rings. The van der Waals surface area contributed by atoms with Crippen LogP contribution in [-0.2, 0) is 20.8 Å². The number of benzene rings is 1. The van der Waals surface area contributed by atoms with Gasteiger partial charge in [-0.1, -0.05) is 44.2 Å².